The SMILES string of the molecule is CCc1nc(CCNCc2c(C)nn(CCO)c2C)cs1. The largest absolute Gasteiger partial charge is 0.394 e. The highest BCUT2D eigenvalue weighted by atomic mass is 32.1. The van der Waals surface area contributed by atoms with Gasteiger partial charge in [0.25, 0.3) is 0 Å². The van der Waals surface area contributed by atoms with Crippen LogP contribution in [-0.4, -0.2) is 33.0 Å². The van der Waals surface area contributed by atoms with Crippen LogP contribution in [0.25, 0.3) is 0 Å². The Morgan fingerprint density at radius 2 is 2.19 bits per heavy atom. The first-order chi connectivity index (χ1) is 10.2. The minimum absolute atomic E-state index is 0.123. The second-order valence-electron chi connectivity index (χ2n) is 5.11. The highest BCUT2D eigenvalue weighted by Crippen LogP contribution is 2.13. The van der Waals surface area contributed by atoms with E-state index < -0.39 is 0 Å². The molecule has 0 radical (unpaired) electrons. The lowest BCUT2D eigenvalue weighted by Crippen LogP contribution is -2.18. The van der Waals surface area contributed by atoms with Gasteiger partial charge in [0.1, 0.15) is 0 Å². The van der Waals surface area contributed by atoms with Crippen molar-refractivity contribution in [2.75, 3.05) is 13.2 Å². The molecule has 2 N–H and O–H groups in total. The summed E-state index contributed by atoms with van der Waals surface area (Å²) in [6.07, 6.45) is 1.97. The summed E-state index contributed by atoms with van der Waals surface area (Å²) in [4.78, 5) is 4.57. The number of aryl methyl sites for hydroxylation is 2. The molecule has 0 aromatic carbocycles. The zero-order valence-electron chi connectivity index (χ0n) is 13.0. The van der Waals surface area contributed by atoms with Crippen LogP contribution in [0, 0.1) is 13.8 Å². The quantitative estimate of drug-likeness (QED) is 0.731. The Hall–Kier alpha value is -1.24. The van der Waals surface area contributed by atoms with Crippen molar-refractivity contribution in [1.29, 1.82) is 0 Å². The lowest BCUT2D eigenvalue weighted by molar-refractivity contribution is 0.267. The third kappa shape index (κ3) is 4.12. The van der Waals surface area contributed by atoms with Crippen molar-refractivity contribution in [2.45, 2.75) is 46.7 Å². The molecule has 0 atom stereocenters. The number of nitrogens with one attached hydrogen (secondary N) is 1. The Balaban J connectivity index is 1.83. The number of nitrogens with zero attached hydrogens (tertiary/aromatic N) is 3. The fourth-order valence-electron chi connectivity index (χ4n) is 2.36. The standard InChI is InChI=1S/C15H24N4OS/c1-4-15-17-13(10-21-15)5-6-16-9-14-11(2)18-19(7-8-20)12(14)3/h10,16,20H,4-9H2,1-3H3. The predicted molar refractivity (Wildman–Crippen MR) is 85.7 cm³/mol. The van der Waals surface area contributed by atoms with E-state index in [9.17, 15) is 0 Å². The van der Waals surface area contributed by atoms with Gasteiger partial charge in [-0.25, -0.2) is 4.98 Å². The van der Waals surface area contributed by atoms with Gasteiger partial charge in [0.15, 0.2) is 0 Å². The summed E-state index contributed by atoms with van der Waals surface area (Å²) in [6.45, 7) is 8.62. The van der Waals surface area contributed by atoms with E-state index in [0.717, 1.165) is 37.3 Å². The van der Waals surface area contributed by atoms with Crippen molar-refractivity contribution in [3.05, 3.63) is 33.0 Å². The molecule has 21 heavy (non-hydrogen) atoms. The maximum absolute atomic E-state index is 9.02. The zero-order chi connectivity index (χ0) is 15.2. The lowest BCUT2D eigenvalue weighted by atomic mass is 10.2. The van der Waals surface area contributed by atoms with Crippen molar-refractivity contribution in [1.82, 2.24) is 20.1 Å². The smallest absolute Gasteiger partial charge is 0.0925 e. The average molecular weight is 308 g/mol. The summed E-state index contributed by atoms with van der Waals surface area (Å²) >= 11 is 1.74. The van der Waals surface area contributed by atoms with Crippen LogP contribution >= 0.6 is 11.3 Å². The first-order valence-electron chi connectivity index (χ1n) is 7.43. The van der Waals surface area contributed by atoms with E-state index in [-0.39, 0.29) is 6.61 Å². The molecule has 5 nitrogen and oxygen atoms in total. The van der Waals surface area contributed by atoms with Crippen molar-refractivity contribution in [3.63, 3.8) is 0 Å². The molecule has 2 rings (SSSR count). The highest BCUT2D eigenvalue weighted by molar-refractivity contribution is 7.09. The van der Waals surface area contributed by atoms with Crippen LogP contribution in [0.3, 0.4) is 0 Å². The Morgan fingerprint density at radius 1 is 1.38 bits per heavy atom. The van der Waals surface area contributed by atoms with Crippen LogP contribution in [-0.2, 0) is 25.9 Å². The van der Waals surface area contributed by atoms with Gasteiger partial charge in [-0.05, 0) is 20.3 Å². The van der Waals surface area contributed by atoms with Crippen LogP contribution in [0.4, 0.5) is 0 Å². The summed E-state index contributed by atoms with van der Waals surface area (Å²) in [6, 6.07) is 0. The molecule has 0 spiro atoms. The maximum Gasteiger partial charge on any atom is 0.0925 e. The monoisotopic (exact) mass is 308 g/mol. The summed E-state index contributed by atoms with van der Waals surface area (Å²) < 4.78 is 1.88. The molecule has 0 aliphatic rings. The second-order valence-corrected chi connectivity index (χ2v) is 6.05. The number of hydrogen-bond acceptors (Lipinski definition) is 5. The fraction of sp³-hybridized carbons (Fsp3) is 0.600. The van der Waals surface area contributed by atoms with E-state index in [1.54, 1.807) is 11.3 Å². The van der Waals surface area contributed by atoms with Crippen LogP contribution in [0.5, 0.6) is 0 Å². The highest BCUT2D eigenvalue weighted by Gasteiger charge is 2.10. The van der Waals surface area contributed by atoms with Gasteiger partial charge in [-0.1, -0.05) is 6.92 Å². The Kier molecular flexibility index (Phi) is 5.90. The van der Waals surface area contributed by atoms with Gasteiger partial charge in [-0.15, -0.1) is 11.3 Å². The zero-order valence-corrected chi connectivity index (χ0v) is 13.8. The predicted octanol–water partition coefficient (Wildman–Crippen LogP) is 1.84. The minimum atomic E-state index is 0.123. The van der Waals surface area contributed by atoms with Crippen molar-refractivity contribution in [2.24, 2.45) is 0 Å². The molecule has 116 valence electrons. The molecule has 0 aliphatic heterocycles. The molecule has 0 fully saturated rings. The first kappa shape index (κ1) is 16.1. The number of thiazole rings is 1. The van der Waals surface area contributed by atoms with Crippen molar-refractivity contribution in [3.8, 4) is 0 Å². The van der Waals surface area contributed by atoms with Crippen LogP contribution in [0.15, 0.2) is 5.38 Å². The molecule has 6 heteroatoms. The number of hydrogen-bond donors (Lipinski definition) is 2. The summed E-state index contributed by atoms with van der Waals surface area (Å²) in [5, 5.41) is 20.3. The van der Waals surface area contributed by atoms with E-state index >= 15 is 0 Å². The third-order valence-electron chi connectivity index (χ3n) is 3.60. The number of aliphatic hydroxyl groups excluding tert-OH is 1. The van der Waals surface area contributed by atoms with Crippen LogP contribution in [0.1, 0.15) is 34.6 Å². The van der Waals surface area contributed by atoms with Gasteiger partial charge >= 0.3 is 0 Å². The summed E-state index contributed by atoms with van der Waals surface area (Å²) in [5.74, 6) is 0. The second kappa shape index (κ2) is 7.68. The first-order valence-corrected chi connectivity index (χ1v) is 8.31. The molecule has 0 aliphatic carbocycles. The number of aromatic nitrogens is 3. The third-order valence-corrected chi connectivity index (χ3v) is 4.65. The molecule has 2 heterocycles. The molecule has 2 aromatic heterocycles. The molecular formula is C15H24N4OS. The Labute approximate surface area is 130 Å². The number of rotatable bonds is 8. The summed E-state index contributed by atoms with van der Waals surface area (Å²) in [5.41, 5.74) is 4.58. The fourth-order valence-corrected chi connectivity index (χ4v) is 3.14. The molecular weight excluding hydrogens is 284 g/mol. The van der Waals surface area contributed by atoms with Crippen LogP contribution < -0.4 is 5.32 Å². The Bertz CT molecular complexity index is 576. The topological polar surface area (TPSA) is 63.0 Å². The summed E-state index contributed by atoms with van der Waals surface area (Å²) in [7, 11) is 0. The molecule has 0 unspecified atom stereocenters. The van der Waals surface area contributed by atoms with Gasteiger partial charge in [-0.3, -0.25) is 4.68 Å². The van der Waals surface area contributed by atoms with Gasteiger partial charge in [-0.2, -0.15) is 5.10 Å². The Morgan fingerprint density at radius 3 is 2.86 bits per heavy atom. The van der Waals surface area contributed by atoms with Crippen LogP contribution in [0.2, 0.25) is 0 Å². The van der Waals surface area contributed by atoms with E-state index in [0.29, 0.717) is 6.54 Å². The van der Waals surface area contributed by atoms with Gasteiger partial charge in [0, 0.05) is 36.1 Å². The minimum Gasteiger partial charge on any atom is -0.394 e. The van der Waals surface area contributed by atoms with E-state index in [2.05, 4.69) is 34.6 Å². The average Bonchev–Trinajstić information content (AvgIpc) is 3.03. The van der Waals surface area contributed by atoms with Gasteiger partial charge in [0.2, 0.25) is 0 Å². The van der Waals surface area contributed by atoms with Gasteiger partial charge < -0.3 is 10.4 Å². The van der Waals surface area contributed by atoms with Gasteiger partial charge in [0.05, 0.1) is 29.5 Å². The van der Waals surface area contributed by atoms with E-state index in [4.69, 9.17) is 5.11 Å². The molecule has 2 aromatic rings. The lowest BCUT2D eigenvalue weighted by Gasteiger charge is -2.05. The molecule has 0 bridgehead atoms. The molecule has 0 saturated heterocycles. The normalized spacial score (nSPS) is 11.2. The van der Waals surface area contributed by atoms with E-state index in [1.165, 1.54) is 16.3 Å². The van der Waals surface area contributed by atoms with Crippen molar-refractivity contribution < 1.29 is 5.11 Å². The van der Waals surface area contributed by atoms with E-state index in [1.807, 2.05) is 11.6 Å². The molecule has 0 amide bonds. The molecule has 0 saturated carbocycles. The van der Waals surface area contributed by atoms with Crippen molar-refractivity contribution >= 4 is 11.3 Å². The maximum atomic E-state index is 9.02. The number of aliphatic hydroxyl groups is 1.